The van der Waals surface area contributed by atoms with Crippen molar-refractivity contribution in [3.05, 3.63) is 29.3 Å². The lowest BCUT2D eigenvalue weighted by atomic mass is 10.0. The van der Waals surface area contributed by atoms with E-state index in [-0.39, 0.29) is 5.78 Å². The van der Waals surface area contributed by atoms with E-state index in [1.165, 1.54) is 12.8 Å². The molecule has 0 aliphatic carbocycles. The van der Waals surface area contributed by atoms with Crippen LogP contribution in [0.1, 0.15) is 48.5 Å². The fourth-order valence-electron chi connectivity index (χ4n) is 2.60. The van der Waals surface area contributed by atoms with E-state index in [4.69, 9.17) is 4.74 Å². The van der Waals surface area contributed by atoms with Gasteiger partial charge in [-0.25, -0.2) is 0 Å². The summed E-state index contributed by atoms with van der Waals surface area (Å²) in [5.74, 6) is 0.940. The van der Waals surface area contributed by atoms with E-state index in [2.05, 4.69) is 11.8 Å². The van der Waals surface area contributed by atoms with Crippen molar-refractivity contribution in [2.75, 3.05) is 26.2 Å². The van der Waals surface area contributed by atoms with Gasteiger partial charge in [0.1, 0.15) is 5.75 Å². The summed E-state index contributed by atoms with van der Waals surface area (Å²) >= 11 is 0. The minimum absolute atomic E-state index is 0.201. The third-order valence-electron chi connectivity index (χ3n) is 3.75. The quantitative estimate of drug-likeness (QED) is 0.714. The second-order valence-electron chi connectivity index (χ2n) is 5.57. The highest BCUT2D eigenvalue weighted by Crippen LogP contribution is 2.22. The highest BCUT2D eigenvalue weighted by molar-refractivity contribution is 5.99. The number of benzene rings is 1. The molecule has 3 nitrogen and oxygen atoms in total. The maximum Gasteiger partial charge on any atom is 0.167 e. The van der Waals surface area contributed by atoms with Gasteiger partial charge >= 0.3 is 0 Å². The van der Waals surface area contributed by atoms with Gasteiger partial charge in [-0.3, -0.25) is 4.79 Å². The van der Waals surface area contributed by atoms with Gasteiger partial charge in [0.15, 0.2) is 5.78 Å². The summed E-state index contributed by atoms with van der Waals surface area (Å²) in [5, 5.41) is 0. The molecular formula is C17H25NO2. The molecule has 1 fully saturated rings. The number of likely N-dealkylation sites (tertiary alicyclic amines) is 1. The van der Waals surface area contributed by atoms with Crippen LogP contribution in [-0.4, -0.2) is 36.9 Å². The first-order valence-corrected chi connectivity index (χ1v) is 7.69. The van der Waals surface area contributed by atoms with Crippen molar-refractivity contribution in [1.29, 1.82) is 0 Å². The Morgan fingerprint density at radius 3 is 2.75 bits per heavy atom. The van der Waals surface area contributed by atoms with Gasteiger partial charge < -0.3 is 9.64 Å². The van der Waals surface area contributed by atoms with E-state index in [0.29, 0.717) is 13.0 Å². The van der Waals surface area contributed by atoms with Gasteiger partial charge in [0.25, 0.3) is 0 Å². The molecule has 0 amide bonds. The van der Waals surface area contributed by atoms with Gasteiger partial charge in [-0.05, 0) is 51.4 Å². The molecule has 3 heteroatoms. The molecular weight excluding hydrogens is 250 g/mol. The predicted octanol–water partition coefficient (Wildman–Crippen LogP) is 3.45. The van der Waals surface area contributed by atoms with Gasteiger partial charge in [0.05, 0.1) is 12.2 Å². The molecule has 0 spiro atoms. The molecule has 1 saturated heterocycles. The van der Waals surface area contributed by atoms with Crippen molar-refractivity contribution >= 4 is 5.78 Å². The van der Waals surface area contributed by atoms with E-state index in [1.807, 2.05) is 25.1 Å². The number of carbonyl (C=O) groups excluding carboxylic acids is 1. The van der Waals surface area contributed by atoms with E-state index in [0.717, 1.165) is 42.9 Å². The molecule has 110 valence electrons. The zero-order chi connectivity index (χ0) is 14.4. The highest BCUT2D eigenvalue weighted by Gasteiger charge is 2.16. The Morgan fingerprint density at radius 2 is 2.05 bits per heavy atom. The Labute approximate surface area is 121 Å². The molecule has 2 rings (SSSR count). The largest absolute Gasteiger partial charge is 0.493 e. The molecule has 1 aromatic rings. The first kappa shape index (κ1) is 15.0. The molecule has 1 aromatic carbocycles. The van der Waals surface area contributed by atoms with Crippen LogP contribution in [0.4, 0.5) is 0 Å². The monoisotopic (exact) mass is 275 g/mol. The molecule has 0 bridgehead atoms. The third kappa shape index (κ3) is 4.07. The van der Waals surface area contributed by atoms with Crippen LogP contribution < -0.4 is 4.74 Å². The maximum atomic E-state index is 12.4. The number of ketones is 1. The third-order valence-corrected chi connectivity index (χ3v) is 3.75. The van der Waals surface area contributed by atoms with Crippen LogP contribution in [0, 0.1) is 6.92 Å². The second-order valence-corrected chi connectivity index (χ2v) is 5.57. The van der Waals surface area contributed by atoms with Crippen molar-refractivity contribution in [1.82, 2.24) is 4.90 Å². The molecule has 0 N–H and O–H groups in total. The Balaban J connectivity index is 2.00. The smallest absolute Gasteiger partial charge is 0.167 e. The van der Waals surface area contributed by atoms with E-state index in [9.17, 15) is 4.79 Å². The molecule has 0 aromatic heterocycles. The SMILES string of the molecule is CCCOc1ccc(C)cc1C(=O)CCN1CCCC1. The molecule has 0 saturated carbocycles. The second kappa shape index (κ2) is 7.44. The molecule has 1 aliphatic rings. The Hall–Kier alpha value is -1.35. The lowest BCUT2D eigenvalue weighted by molar-refractivity contribution is 0.0965. The lowest BCUT2D eigenvalue weighted by Gasteiger charge is -2.15. The van der Waals surface area contributed by atoms with Gasteiger partial charge in [-0.2, -0.15) is 0 Å². The molecule has 0 unspecified atom stereocenters. The standard InChI is InChI=1S/C17H25NO2/c1-3-12-20-17-7-6-14(2)13-15(17)16(19)8-11-18-9-4-5-10-18/h6-7,13H,3-5,8-12H2,1-2H3. The zero-order valence-electron chi connectivity index (χ0n) is 12.7. The van der Waals surface area contributed by atoms with Crippen molar-refractivity contribution in [3.63, 3.8) is 0 Å². The van der Waals surface area contributed by atoms with Crippen molar-refractivity contribution in [2.45, 2.75) is 39.5 Å². The highest BCUT2D eigenvalue weighted by atomic mass is 16.5. The number of Topliss-reactive ketones (excluding diaryl/α,β-unsaturated/α-hetero) is 1. The Morgan fingerprint density at radius 1 is 1.30 bits per heavy atom. The van der Waals surface area contributed by atoms with Crippen LogP contribution >= 0.6 is 0 Å². The molecule has 0 atom stereocenters. The van der Waals surface area contributed by atoms with Crippen molar-refractivity contribution in [2.24, 2.45) is 0 Å². The summed E-state index contributed by atoms with van der Waals surface area (Å²) in [6.07, 6.45) is 4.08. The number of aryl methyl sites for hydroxylation is 1. The van der Waals surface area contributed by atoms with Crippen LogP contribution in [0.2, 0.25) is 0 Å². The topological polar surface area (TPSA) is 29.5 Å². The van der Waals surface area contributed by atoms with Crippen LogP contribution in [-0.2, 0) is 0 Å². The molecule has 1 heterocycles. The van der Waals surface area contributed by atoms with Crippen LogP contribution in [0.3, 0.4) is 0 Å². The fraction of sp³-hybridized carbons (Fsp3) is 0.588. The van der Waals surface area contributed by atoms with Crippen molar-refractivity contribution < 1.29 is 9.53 Å². The Kier molecular flexibility index (Phi) is 5.60. The van der Waals surface area contributed by atoms with Gasteiger partial charge in [0.2, 0.25) is 0 Å². The normalized spacial score (nSPS) is 15.5. The summed E-state index contributed by atoms with van der Waals surface area (Å²) < 4.78 is 5.70. The van der Waals surface area contributed by atoms with Gasteiger partial charge in [-0.15, -0.1) is 0 Å². The Bertz CT molecular complexity index is 450. The average molecular weight is 275 g/mol. The summed E-state index contributed by atoms with van der Waals surface area (Å²) in [5.41, 5.74) is 1.86. The first-order chi connectivity index (χ1) is 9.70. The fourth-order valence-corrected chi connectivity index (χ4v) is 2.60. The van der Waals surface area contributed by atoms with Gasteiger partial charge in [-0.1, -0.05) is 18.6 Å². The number of rotatable bonds is 7. The van der Waals surface area contributed by atoms with Crippen LogP contribution in [0.15, 0.2) is 18.2 Å². The predicted molar refractivity (Wildman–Crippen MR) is 81.6 cm³/mol. The van der Waals surface area contributed by atoms with Crippen LogP contribution in [0.5, 0.6) is 5.75 Å². The molecule has 0 radical (unpaired) electrons. The number of hydrogen-bond donors (Lipinski definition) is 0. The zero-order valence-corrected chi connectivity index (χ0v) is 12.7. The maximum absolute atomic E-state index is 12.4. The van der Waals surface area contributed by atoms with Gasteiger partial charge in [0, 0.05) is 13.0 Å². The number of hydrogen-bond acceptors (Lipinski definition) is 3. The lowest BCUT2D eigenvalue weighted by Crippen LogP contribution is -2.22. The number of carbonyl (C=O) groups is 1. The minimum Gasteiger partial charge on any atom is -0.493 e. The van der Waals surface area contributed by atoms with Crippen molar-refractivity contribution in [3.8, 4) is 5.75 Å². The summed E-state index contributed by atoms with van der Waals surface area (Å²) in [7, 11) is 0. The number of ether oxygens (including phenoxy) is 1. The summed E-state index contributed by atoms with van der Waals surface area (Å²) in [6.45, 7) is 7.90. The van der Waals surface area contributed by atoms with E-state index < -0.39 is 0 Å². The summed E-state index contributed by atoms with van der Waals surface area (Å²) in [6, 6.07) is 5.88. The van der Waals surface area contributed by atoms with E-state index in [1.54, 1.807) is 0 Å². The molecule has 20 heavy (non-hydrogen) atoms. The minimum atomic E-state index is 0.201. The number of nitrogens with zero attached hydrogens (tertiary/aromatic N) is 1. The summed E-state index contributed by atoms with van der Waals surface area (Å²) in [4.78, 5) is 14.8. The first-order valence-electron chi connectivity index (χ1n) is 7.69. The average Bonchev–Trinajstić information content (AvgIpc) is 2.96. The van der Waals surface area contributed by atoms with E-state index >= 15 is 0 Å². The van der Waals surface area contributed by atoms with Crippen LogP contribution in [0.25, 0.3) is 0 Å². The molecule has 1 aliphatic heterocycles.